The maximum Gasteiger partial charge on any atom is 0.219 e. The van der Waals surface area contributed by atoms with Crippen LogP contribution in [0.5, 0.6) is 0 Å². The Morgan fingerprint density at radius 1 is 1.17 bits per heavy atom. The molecule has 1 aromatic rings. The fourth-order valence-electron chi connectivity index (χ4n) is 1.19. The third-order valence-electron chi connectivity index (χ3n) is 1.60. The van der Waals surface area contributed by atoms with Crippen molar-refractivity contribution in [2.45, 2.75) is 20.8 Å². The molecule has 1 heterocycles. The zero-order valence-corrected chi connectivity index (χ0v) is 8.14. The van der Waals surface area contributed by atoms with E-state index in [0.717, 1.165) is 0 Å². The van der Waals surface area contributed by atoms with Crippen molar-refractivity contribution in [3.05, 3.63) is 22.8 Å². The first kappa shape index (κ1) is 9.19. The third kappa shape index (κ3) is 1.64. The Kier molecular flexibility index (Phi) is 2.47. The lowest BCUT2D eigenvalue weighted by Crippen LogP contribution is -2.04. The van der Waals surface area contributed by atoms with Crippen molar-refractivity contribution in [3.63, 3.8) is 0 Å². The molecule has 1 aromatic heterocycles. The van der Waals surface area contributed by atoms with E-state index in [2.05, 4.69) is 22.6 Å². The minimum atomic E-state index is -0.273. The molecule has 4 heteroatoms. The maximum atomic E-state index is 11.0. The quantitative estimate of drug-likeness (QED) is 0.669. The summed E-state index contributed by atoms with van der Waals surface area (Å²) in [4.78, 5) is 19.1. The summed E-state index contributed by atoms with van der Waals surface area (Å²) in [7, 11) is 0. The summed E-state index contributed by atoms with van der Waals surface area (Å²) in [5, 5.41) is -0.273. The average molecular weight is 182 g/mol. The minimum absolute atomic E-state index is 0.273. The van der Waals surface area contributed by atoms with Gasteiger partial charge in [-0.25, -0.2) is 9.97 Å². The largest absolute Gasteiger partial charge is 0.282 e. The highest BCUT2D eigenvalue weighted by Crippen LogP contribution is 2.11. The molecule has 0 atom stereocenters. The van der Waals surface area contributed by atoms with Crippen molar-refractivity contribution in [2.24, 2.45) is 0 Å². The van der Waals surface area contributed by atoms with Gasteiger partial charge in [0.05, 0.1) is 17.0 Å². The Labute approximate surface area is 76.6 Å². The van der Waals surface area contributed by atoms with Crippen LogP contribution in [0.4, 0.5) is 0 Å². The van der Waals surface area contributed by atoms with Gasteiger partial charge in [-0.3, -0.25) is 4.79 Å². The van der Waals surface area contributed by atoms with E-state index in [4.69, 9.17) is 0 Å². The van der Waals surface area contributed by atoms with Gasteiger partial charge in [-0.1, -0.05) is 0 Å². The van der Waals surface area contributed by atoms with Gasteiger partial charge in [-0.05, 0) is 20.8 Å². The Balaban J connectivity index is 3.38. The normalized spacial score (nSPS) is 10.0. The predicted molar refractivity (Wildman–Crippen MR) is 49.6 cm³/mol. The third-order valence-corrected chi connectivity index (χ3v) is 1.82. The molecule has 0 spiro atoms. The number of thiol groups is 1. The molecule has 0 radical (unpaired) electrons. The number of hydrogen-bond acceptors (Lipinski definition) is 3. The van der Waals surface area contributed by atoms with E-state index in [9.17, 15) is 4.79 Å². The lowest BCUT2D eigenvalue weighted by molar-refractivity contribution is 0.108. The molecule has 3 nitrogen and oxygen atoms in total. The van der Waals surface area contributed by atoms with Gasteiger partial charge < -0.3 is 0 Å². The molecule has 64 valence electrons. The van der Waals surface area contributed by atoms with Crippen molar-refractivity contribution in [3.8, 4) is 0 Å². The van der Waals surface area contributed by atoms with E-state index in [-0.39, 0.29) is 5.12 Å². The molecule has 0 aromatic carbocycles. The second-order valence-corrected chi connectivity index (χ2v) is 3.03. The number of rotatable bonds is 1. The molecule has 0 aliphatic rings. The van der Waals surface area contributed by atoms with Crippen LogP contribution in [0.1, 0.15) is 27.6 Å². The summed E-state index contributed by atoms with van der Waals surface area (Å²) in [6.07, 6.45) is 0. The van der Waals surface area contributed by atoms with E-state index in [1.54, 1.807) is 20.8 Å². The van der Waals surface area contributed by atoms with Gasteiger partial charge in [-0.15, -0.1) is 12.6 Å². The van der Waals surface area contributed by atoms with Crippen LogP contribution in [0.15, 0.2) is 0 Å². The lowest BCUT2D eigenvalue weighted by atomic mass is 10.2. The van der Waals surface area contributed by atoms with Crippen molar-refractivity contribution >= 4 is 17.7 Å². The van der Waals surface area contributed by atoms with Gasteiger partial charge in [-0.2, -0.15) is 0 Å². The van der Waals surface area contributed by atoms with E-state index in [1.807, 2.05) is 0 Å². The summed E-state index contributed by atoms with van der Waals surface area (Å²) in [5.41, 5.74) is 1.91. The van der Waals surface area contributed by atoms with Crippen LogP contribution in [0, 0.1) is 20.8 Å². The topological polar surface area (TPSA) is 42.9 Å². The first-order valence-electron chi connectivity index (χ1n) is 3.57. The number of carbonyl (C=O) groups is 1. The van der Waals surface area contributed by atoms with Crippen LogP contribution in [0.2, 0.25) is 0 Å². The number of carbonyl (C=O) groups excluding carboxylic acids is 1. The summed E-state index contributed by atoms with van der Waals surface area (Å²) < 4.78 is 0. The van der Waals surface area contributed by atoms with E-state index in [1.165, 1.54) is 0 Å². The highest BCUT2D eigenvalue weighted by Gasteiger charge is 2.10. The average Bonchev–Trinajstić information content (AvgIpc) is 1.82. The molecular formula is C8H10N2OS. The molecule has 0 fully saturated rings. The molecule has 0 N–H and O–H groups in total. The molecule has 0 amide bonds. The maximum absolute atomic E-state index is 11.0. The molecule has 0 aliphatic carbocycles. The van der Waals surface area contributed by atoms with E-state index in [0.29, 0.717) is 22.8 Å². The van der Waals surface area contributed by atoms with Crippen molar-refractivity contribution in [1.29, 1.82) is 0 Å². The molecule has 0 aliphatic heterocycles. The van der Waals surface area contributed by atoms with Crippen LogP contribution in [0.3, 0.4) is 0 Å². The van der Waals surface area contributed by atoms with E-state index < -0.39 is 0 Å². The number of aryl methyl sites for hydroxylation is 3. The molecule has 0 bridgehead atoms. The van der Waals surface area contributed by atoms with Gasteiger partial charge in [0.15, 0.2) is 0 Å². The van der Waals surface area contributed by atoms with Gasteiger partial charge in [0.1, 0.15) is 5.82 Å². The molecular weight excluding hydrogens is 172 g/mol. The highest BCUT2D eigenvalue weighted by atomic mass is 32.1. The number of hydrogen-bond donors (Lipinski definition) is 1. The lowest BCUT2D eigenvalue weighted by Gasteiger charge is -2.04. The summed E-state index contributed by atoms with van der Waals surface area (Å²) in [6, 6.07) is 0. The monoisotopic (exact) mass is 182 g/mol. The molecule has 1 rings (SSSR count). The summed E-state index contributed by atoms with van der Waals surface area (Å²) in [6.45, 7) is 5.36. The number of nitrogens with zero attached hydrogens (tertiary/aromatic N) is 2. The van der Waals surface area contributed by atoms with Crippen LogP contribution in [-0.2, 0) is 0 Å². The van der Waals surface area contributed by atoms with E-state index >= 15 is 0 Å². The Morgan fingerprint density at radius 2 is 1.58 bits per heavy atom. The fourth-order valence-corrected chi connectivity index (χ4v) is 1.52. The first-order valence-corrected chi connectivity index (χ1v) is 4.02. The van der Waals surface area contributed by atoms with Crippen LogP contribution in [0.25, 0.3) is 0 Å². The zero-order chi connectivity index (χ0) is 9.30. The van der Waals surface area contributed by atoms with Crippen molar-refractivity contribution < 1.29 is 4.79 Å². The fraction of sp³-hybridized carbons (Fsp3) is 0.375. The second kappa shape index (κ2) is 3.23. The van der Waals surface area contributed by atoms with Gasteiger partial charge in [0.25, 0.3) is 0 Å². The van der Waals surface area contributed by atoms with Crippen LogP contribution >= 0.6 is 12.6 Å². The van der Waals surface area contributed by atoms with Gasteiger partial charge >= 0.3 is 0 Å². The van der Waals surface area contributed by atoms with Gasteiger partial charge in [0, 0.05) is 0 Å². The van der Waals surface area contributed by atoms with Crippen LogP contribution in [-0.4, -0.2) is 15.1 Å². The zero-order valence-electron chi connectivity index (χ0n) is 7.25. The van der Waals surface area contributed by atoms with Crippen LogP contribution < -0.4 is 0 Å². The Bertz CT molecular complexity index is 313. The molecule has 12 heavy (non-hydrogen) atoms. The minimum Gasteiger partial charge on any atom is -0.282 e. The SMILES string of the molecule is Cc1nc(C)c(C(=O)S)c(C)n1. The molecule has 0 unspecified atom stereocenters. The highest BCUT2D eigenvalue weighted by molar-refractivity contribution is 7.97. The van der Waals surface area contributed by atoms with Crippen molar-refractivity contribution in [2.75, 3.05) is 0 Å². The first-order chi connectivity index (χ1) is 5.52. The summed E-state index contributed by atoms with van der Waals surface area (Å²) >= 11 is 3.74. The van der Waals surface area contributed by atoms with Crippen molar-refractivity contribution in [1.82, 2.24) is 9.97 Å². The predicted octanol–water partition coefficient (Wildman–Crippen LogP) is 1.47. The molecule has 0 saturated carbocycles. The second-order valence-electron chi connectivity index (χ2n) is 2.62. The van der Waals surface area contributed by atoms with Gasteiger partial charge in [0.2, 0.25) is 5.12 Å². The Morgan fingerprint density at radius 3 is 1.92 bits per heavy atom. The summed E-state index contributed by atoms with van der Waals surface area (Å²) in [5.74, 6) is 0.684. The Hall–Kier alpha value is -0.900. The molecule has 0 saturated heterocycles. The smallest absolute Gasteiger partial charge is 0.219 e. The standard InChI is InChI=1S/C8H10N2OS/c1-4-7(8(11)12)5(2)10-6(3)9-4/h1-3H3,(H,11,12). The number of aromatic nitrogens is 2.